The summed E-state index contributed by atoms with van der Waals surface area (Å²) in [7, 11) is 1.94. The molecule has 0 spiro atoms. The van der Waals surface area contributed by atoms with E-state index in [1.807, 2.05) is 25.8 Å². The number of aromatic nitrogens is 2. The van der Waals surface area contributed by atoms with Crippen molar-refractivity contribution in [2.75, 3.05) is 26.7 Å². The smallest absolute Gasteiger partial charge is 0.258 e. The molecule has 2 rings (SSSR count). The summed E-state index contributed by atoms with van der Waals surface area (Å²) >= 11 is 6.24. The van der Waals surface area contributed by atoms with E-state index >= 15 is 0 Å². The summed E-state index contributed by atoms with van der Waals surface area (Å²) in [5, 5.41) is 7.93. The largest absolute Gasteiger partial charge is 0.338 e. The molecule has 1 aromatic rings. The van der Waals surface area contributed by atoms with E-state index in [-0.39, 0.29) is 5.91 Å². The van der Waals surface area contributed by atoms with Crippen molar-refractivity contribution in [1.29, 1.82) is 0 Å². The van der Waals surface area contributed by atoms with Crippen molar-refractivity contribution in [3.8, 4) is 0 Å². The number of amides is 1. The molecule has 0 saturated carbocycles. The lowest BCUT2D eigenvalue weighted by Crippen LogP contribution is -2.30. The van der Waals surface area contributed by atoms with E-state index in [2.05, 4.69) is 10.4 Å². The molecule has 6 heteroatoms. The Bertz CT molecular complexity index is 471. The molecule has 0 unspecified atom stereocenters. The number of aryl methyl sites for hydroxylation is 2. The Kier molecular flexibility index (Phi) is 4.47. The predicted octanol–water partition coefficient (Wildman–Crippen LogP) is 1.55. The second-order valence-electron chi connectivity index (χ2n) is 5.03. The van der Waals surface area contributed by atoms with Crippen molar-refractivity contribution in [2.24, 2.45) is 5.92 Å². The van der Waals surface area contributed by atoms with Crippen LogP contribution in [0.5, 0.6) is 0 Å². The van der Waals surface area contributed by atoms with Gasteiger partial charge < -0.3 is 10.2 Å². The van der Waals surface area contributed by atoms with Gasteiger partial charge in [-0.2, -0.15) is 5.10 Å². The molecule has 0 radical (unpaired) electrons. The molecule has 0 bridgehead atoms. The van der Waals surface area contributed by atoms with Crippen LogP contribution in [-0.2, 0) is 6.54 Å². The Morgan fingerprint density at radius 1 is 1.58 bits per heavy atom. The molecule has 1 N–H and O–H groups in total. The zero-order chi connectivity index (χ0) is 14.0. The fourth-order valence-corrected chi connectivity index (χ4v) is 3.01. The molecule has 0 aliphatic carbocycles. The fraction of sp³-hybridized carbons (Fsp3) is 0.692. The van der Waals surface area contributed by atoms with Crippen molar-refractivity contribution in [2.45, 2.75) is 26.8 Å². The average Bonchev–Trinajstić information content (AvgIpc) is 2.94. The number of carbonyl (C=O) groups is 1. The van der Waals surface area contributed by atoms with E-state index in [0.717, 1.165) is 26.1 Å². The monoisotopic (exact) mass is 284 g/mol. The van der Waals surface area contributed by atoms with Gasteiger partial charge in [0, 0.05) is 19.6 Å². The Balaban J connectivity index is 2.15. The Labute approximate surface area is 118 Å². The SMILES string of the molecule is CCn1nc(C)c(C(=O)N2CC[C@@H](CNC)C2)c1Cl. The third-order valence-corrected chi connectivity index (χ3v) is 4.03. The minimum atomic E-state index is 0.0146. The number of hydrogen-bond donors (Lipinski definition) is 1. The minimum Gasteiger partial charge on any atom is -0.338 e. The number of rotatable bonds is 4. The summed E-state index contributed by atoms with van der Waals surface area (Å²) < 4.78 is 1.67. The van der Waals surface area contributed by atoms with Crippen molar-refractivity contribution in [3.05, 3.63) is 16.4 Å². The molecule has 1 saturated heterocycles. The first-order chi connectivity index (χ1) is 9.08. The number of hydrogen-bond acceptors (Lipinski definition) is 3. The van der Waals surface area contributed by atoms with Gasteiger partial charge in [-0.3, -0.25) is 9.48 Å². The van der Waals surface area contributed by atoms with E-state index < -0.39 is 0 Å². The van der Waals surface area contributed by atoms with Crippen LogP contribution in [0.2, 0.25) is 5.15 Å². The molecular weight excluding hydrogens is 264 g/mol. The van der Waals surface area contributed by atoms with Crippen LogP contribution in [0.25, 0.3) is 0 Å². The molecule has 1 amide bonds. The molecule has 19 heavy (non-hydrogen) atoms. The fourth-order valence-electron chi connectivity index (χ4n) is 2.64. The van der Waals surface area contributed by atoms with E-state index in [1.165, 1.54) is 0 Å². The number of carbonyl (C=O) groups excluding carboxylic acids is 1. The number of nitrogens with zero attached hydrogens (tertiary/aromatic N) is 3. The molecule has 1 atom stereocenters. The highest BCUT2D eigenvalue weighted by atomic mass is 35.5. The average molecular weight is 285 g/mol. The van der Waals surface area contributed by atoms with Crippen LogP contribution >= 0.6 is 11.6 Å². The van der Waals surface area contributed by atoms with Crippen molar-refractivity contribution >= 4 is 17.5 Å². The van der Waals surface area contributed by atoms with E-state index in [1.54, 1.807) is 4.68 Å². The lowest BCUT2D eigenvalue weighted by Gasteiger charge is -2.16. The Hall–Kier alpha value is -1.07. The van der Waals surface area contributed by atoms with Crippen LogP contribution in [-0.4, -0.2) is 47.3 Å². The van der Waals surface area contributed by atoms with E-state index in [0.29, 0.717) is 28.9 Å². The summed E-state index contributed by atoms with van der Waals surface area (Å²) in [6, 6.07) is 0. The van der Waals surface area contributed by atoms with E-state index in [4.69, 9.17) is 11.6 Å². The third kappa shape index (κ3) is 2.77. The summed E-state index contributed by atoms with van der Waals surface area (Å²) in [6.07, 6.45) is 1.05. The van der Waals surface area contributed by atoms with Gasteiger partial charge >= 0.3 is 0 Å². The highest BCUT2D eigenvalue weighted by Crippen LogP contribution is 2.24. The van der Waals surface area contributed by atoms with E-state index in [9.17, 15) is 4.79 Å². The van der Waals surface area contributed by atoms with Gasteiger partial charge in [-0.15, -0.1) is 0 Å². The highest BCUT2D eigenvalue weighted by molar-refractivity contribution is 6.33. The van der Waals surface area contributed by atoms with Gasteiger partial charge in [0.1, 0.15) is 5.15 Å². The predicted molar refractivity (Wildman–Crippen MR) is 75.6 cm³/mol. The van der Waals surface area contributed by atoms with Crippen LogP contribution < -0.4 is 5.32 Å². The molecule has 0 aromatic carbocycles. The first-order valence-corrected chi connectivity index (χ1v) is 7.13. The molecule has 1 aromatic heterocycles. The number of likely N-dealkylation sites (tertiary alicyclic amines) is 1. The van der Waals surface area contributed by atoms with Crippen molar-refractivity contribution in [1.82, 2.24) is 20.0 Å². The topological polar surface area (TPSA) is 50.2 Å². The van der Waals surface area contributed by atoms with Gasteiger partial charge in [-0.1, -0.05) is 11.6 Å². The lowest BCUT2D eigenvalue weighted by molar-refractivity contribution is 0.0786. The Morgan fingerprint density at radius 3 is 2.89 bits per heavy atom. The minimum absolute atomic E-state index is 0.0146. The summed E-state index contributed by atoms with van der Waals surface area (Å²) in [5.74, 6) is 0.551. The Morgan fingerprint density at radius 2 is 2.32 bits per heavy atom. The highest BCUT2D eigenvalue weighted by Gasteiger charge is 2.30. The zero-order valence-corrected chi connectivity index (χ0v) is 12.5. The third-order valence-electron chi connectivity index (χ3n) is 3.64. The van der Waals surface area contributed by atoms with Crippen LogP contribution in [0.4, 0.5) is 0 Å². The van der Waals surface area contributed by atoms with Gasteiger partial charge in [-0.05, 0) is 39.8 Å². The standard InChI is InChI=1S/C13H21ClN4O/c1-4-18-12(14)11(9(2)16-18)13(19)17-6-5-10(8-17)7-15-3/h10,15H,4-8H2,1-3H3/t10-/m0/s1. The lowest BCUT2D eigenvalue weighted by atomic mass is 10.1. The van der Waals surface area contributed by atoms with Crippen molar-refractivity contribution < 1.29 is 4.79 Å². The summed E-state index contributed by atoms with van der Waals surface area (Å²) in [4.78, 5) is 14.4. The molecule has 2 heterocycles. The summed E-state index contributed by atoms with van der Waals surface area (Å²) in [6.45, 7) is 7.03. The van der Waals surface area contributed by atoms with Gasteiger partial charge in [0.25, 0.3) is 5.91 Å². The molecular formula is C13H21ClN4O. The summed E-state index contributed by atoms with van der Waals surface area (Å²) in [5.41, 5.74) is 1.28. The second-order valence-corrected chi connectivity index (χ2v) is 5.39. The van der Waals surface area contributed by atoms with Crippen molar-refractivity contribution in [3.63, 3.8) is 0 Å². The molecule has 106 valence electrons. The molecule has 1 aliphatic heterocycles. The first-order valence-electron chi connectivity index (χ1n) is 6.75. The van der Waals surface area contributed by atoms with Crippen LogP contribution in [0.3, 0.4) is 0 Å². The van der Waals surface area contributed by atoms with Gasteiger partial charge in [0.2, 0.25) is 0 Å². The maximum absolute atomic E-state index is 12.5. The molecule has 1 aliphatic rings. The second kappa shape index (κ2) is 5.92. The molecule has 5 nitrogen and oxygen atoms in total. The van der Waals surface area contributed by atoms with Crippen LogP contribution in [0.15, 0.2) is 0 Å². The van der Waals surface area contributed by atoms with Crippen LogP contribution in [0, 0.1) is 12.8 Å². The zero-order valence-electron chi connectivity index (χ0n) is 11.7. The maximum Gasteiger partial charge on any atom is 0.258 e. The number of nitrogens with one attached hydrogen (secondary N) is 1. The van der Waals surface area contributed by atoms with Gasteiger partial charge in [0.05, 0.1) is 11.3 Å². The normalized spacial score (nSPS) is 19.2. The van der Waals surface area contributed by atoms with Gasteiger partial charge in [-0.25, -0.2) is 0 Å². The maximum atomic E-state index is 12.5. The van der Waals surface area contributed by atoms with Gasteiger partial charge in [0.15, 0.2) is 0 Å². The first kappa shape index (κ1) is 14.3. The molecule has 1 fully saturated rings. The van der Waals surface area contributed by atoms with Crippen LogP contribution in [0.1, 0.15) is 29.4 Å². The quantitative estimate of drug-likeness (QED) is 0.913. The number of halogens is 1.